The number of aliphatic hydroxyl groups excluding tert-OH is 2. The summed E-state index contributed by atoms with van der Waals surface area (Å²) in [7, 11) is 0. The maximum Gasteiger partial charge on any atom is 0.243 e. The van der Waals surface area contributed by atoms with Crippen molar-refractivity contribution in [1.29, 1.82) is 0 Å². The van der Waals surface area contributed by atoms with Gasteiger partial charge in [-0.15, -0.1) is 0 Å². The predicted octanol–water partition coefficient (Wildman–Crippen LogP) is 0.110. The van der Waals surface area contributed by atoms with Crippen LogP contribution in [0.4, 0.5) is 0 Å². The van der Waals surface area contributed by atoms with Gasteiger partial charge in [0.2, 0.25) is 12.7 Å². The van der Waals surface area contributed by atoms with E-state index in [1.807, 2.05) is 21.5 Å². The highest BCUT2D eigenvalue weighted by atomic mass is 16.3. The maximum absolute atomic E-state index is 8.88. The Labute approximate surface area is 131 Å². The molecule has 0 atom stereocenters. The third-order valence-corrected chi connectivity index (χ3v) is 3.79. The summed E-state index contributed by atoms with van der Waals surface area (Å²) in [5.74, 6) is 0. The minimum absolute atomic E-state index is 0.187. The molecule has 0 amide bonds. The van der Waals surface area contributed by atoms with E-state index in [0.717, 1.165) is 13.1 Å². The molecule has 22 heavy (non-hydrogen) atoms. The first-order valence-electron chi connectivity index (χ1n) is 8.13. The third kappa shape index (κ3) is 5.61. The number of hydrogen-bond acceptors (Lipinski definition) is 2. The van der Waals surface area contributed by atoms with Crippen molar-refractivity contribution in [3.8, 4) is 0 Å². The Morgan fingerprint density at radius 3 is 1.55 bits per heavy atom. The van der Waals surface area contributed by atoms with Gasteiger partial charge < -0.3 is 10.2 Å². The second-order valence-electron chi connectivity index (χ2n) is 5.64. The molecule has 2 N–H and O–H groups in total. The van der Waals surface area contributed by atoms with E-state index in [9.17, 15) is 0 Å². The maximum atomic E-state index is 8.88. The van der Waals surface area contributed by atoms with Crippen LogP contribution in [0.2, 0.25) is 0 Å². The van der Waals surface area contributed by atoms with E-state index >= 15 is 0 Å². The Morgan fingerprint density at radius 1 is 0.682 bits per heavy atom. The summed E-state index contributed by atoms with van der Waals surface area (Å²) in [6.45, 7) is 3.79. The van der Waals surface area contributed by atoms with Gasteiger partial charge in [-0.3, -0.25) is 0 Å². The Morgan fingerprint density at radius 2 is 1.14 bits per heavy atom. The van der Waals surface area contributed by atoms with Crippen LogP contribution in [-0.2, 0) is 26.2 Å². The largest absolute Gasteiger partial charge is 0.392 e. The van der Waals surface area contributed by atoms with Crippen LogP contribution in [0, 0.1) is 0 Å². The van der Waals surface area contributed by atoms with Crippen LogP contribution in [0.3, 0.4) is 0 Å². The van der Waals surface area contributed by atoms with E-state index in [1.165, 1.54) is 25.7 Å². The molecule has 0 radical (unpaired) electrons. The second-order valence-corrected chi connectivity index (χ2v) is 5.64. The van der Waals surface area contributed by atoms with Crippen molar-refractivity contribution in [3.05, 3.63) is 37.4 Å². The number of aryl methyl sites for hydroxylation is 2. The number of rotatable bonds is 11. The van der Waals surface area contributed by atoms with Crippen molar-refractivity contribution in [2.24, 2.45) is 0 Å². The second kappa shape index (κ2) is 9.38. The lowest BCUT2D eigenvalue weighted by Crippen LogP contribution is -2.31. The number of imidazole rings is 2. The average Bonchev–Trinajstić information content (AvgIpc) is 3.13. The molecule has 2 aromatic rings. The van der Waals surface area contributed by atoms with Crippen LogP contribution in [0.1, 0.15) is 25.7 Å². The number of aliphatic hydroxyl groups is 2. The van der Waals surface area contributed by atoms with Crippen molar-refractivity contribution < 1.29 is 19.3 Å². The van der Waals surface area contributed by atoms with E-state index in [-0.39, 0.29) is 13.2 Å². The van der Waals surface area contributed by atoms with Gasteiger partial charge in [-0.25, -0.2) is 18.3 Å². The fraction of sp³-hybridized carbons (Fsp3) is 0.625. The Bertz CT molecular complexity index is 487. The lowest BCUT2D eigenvalue weighted by atomic mass is 10.2. The summed E-state index contributed by atoms with van der Waals surface area (Å²) in [6.07, 6.45) is 17.1. The molecule has 0 bridgehead atoms. The van der Waals surface area contributed by atoms with Crippen molar-refractivity contribution >= 4 is 0 Å². The Balaban J connectivity index is 1.54. The summed E-state index contributed by atoms with van der Waals surface area (Å²) in [4.78, 5) is 0. The Kier molecular flexibility index (Phi) is 7.12. The zero-order valence-corrected chi connectivity index (χ0v) is 13.2. The molecule has 0 aliphatic rings. The van der Waals surface area contributed by atoms with Gasteiger partial charge in [0, 0.05) is 0 Å². The topological polar surface area (TPSA) is 58.1 Å². The minimum Gasteiger partial charge on any atom is -0.392 e. The highest BCUT2D eigenvalue weighted by Crippen LogP contribution is 2.00. The van der Waals surface area contributed by atoms with Crippen LogP contribution in [0.15, 0.2) is 37.4 Å². The van der Waals surface area contributed by atoms with Crippen LogP contribution in [-0.4, -0.2) is 32.6 Å². The smallest absolute Gasteiger partial charge is 0.243 e. The van der Waals surface area contributed by atoms with E-state index in [2.05, 4.69) is 34.2 Å². The molecule has 6 nitrogen and oxygen atoms in total. The molecule has 0 spiro atoms. The molecule has 0 unspecified atom stereocenters. The lowest BCUT2D eigenvalue weighted by molar-refractivity contribution is -0.698. The molecule has 2 aromatic heterocycles. The first-order chi connectivity index (χ1) is 10.8. The highest BCUT2D eigenvalue weighted by molar-refractivity contribution is 4.66. The van der Waals surface area contributed by atoms with Gasteiger partial charge in [-0.2, -0.15) is 0 Å². The summed E-state index contributed by atoms with van der Waals surface area (Å²) >= 11 is 0. The molecule has 0 fully saturated rings. The van der Waals surface area contributed by atoms with Gasteiger partial charge in [-0.05, 0) is 25.7 Å². The minimum atomic E-state index is 0.187. The van der Waals surface area contributed by atoms with Gasteiger partial charge in [0.1, 0.15) is 37.9 Å². The van der Waals surface area contributed by atoms with Crippen molar-refractivity contribution in [2.75, 3.05) is 13.2 Å². The van der Waals surface area contributed by atoms with E-state index < -0.39 is 0 Å². The van der Waals surface area contributed by atoms with Crippen LogP contribution in [0.5, 0.6) is 0 Å². The van der Waals surface area contributed by atoms with Gasteiger partial charge >= 0.3 is 0 Å². The van der Waals surface area contributed by atoms with E-state index in [1.54, 1.807) is 0 Å². The molecule has 2 rings (SSSR count). The van der Waals surface area contributed by atoms with Crippen molar-refractivity contribution in [3.63, 3.8) is 0 Å². The summed E-state index contributed by atoms with van der Waals surface area (Å²) < 4.78 is 8.38. The van der Waals surface area contributed by atoms with E-state index in [4.69, 9.17) is 10.2 Å². The highest BCUT2D eigenvalue weighted by Gasteiger charge is 2.04. The monoisotopic (exact) mass is 308 g/mol. The fourth-order valence-electron chi connectivity index (χ4n) is 2.58. The number of aromatic nitrogens is 4. The van der Waals surface area contributed by atoms with Gasteiger partial charge in [0.25, 0.3) is 0 Å². The molecule has 6 heteroatoms. The van der Waals surface area contributed by atoms with Gasteiger partial charge in [-0.1, -0.05) is 0 Å². The molecular formula is C16H28N4O2+2. The molecule has 0 saturated heterocycles. The molecule has 0 aliphatic heterocycles. The molecule has 0 saturated carbocycles. The first kappa shape index (κ1) is 16.7. The first-order valence-corrected chi connectivity index (χ1v) is 8.13. The normalized spacial score (nSPS) is 11.2. The molecule has 0 aromatic carbocycles. The Hall–Kier alpha value is -1.66. The van der Waals surface area contributed by atoms with Crippen molar-refractivity contribution in [1.82, 2.24) is 9.13 Å². The standard InChI is InChI=1S/C16H28N4O2/c21-13-11-19-9-7-17(15-19)5-3-1-2-4-6-18-8-10-20(16-18)12-14-22/h7-10,15-16,21-22H,1-6,11-14H2/q+2. The molecular weight excluding hydrogens is 280 g/mol. The van der Waals surface area contributed by atoms with E-state index in [0.29, 0.717) is 13.1 Å². The van der Waals surface area contributed by atoms with Crippen LogP contribution < -0.4 is 9.13 Å². The quantitative estimate of drug-likeness (QED) is 0.457. The van der Waals surface area contributed by atoms with Gasteiger partial charge in [0.15, 0.2) is 0 Å². The fourth-order valence-corrected chi connectivity index (χ4v) is 2.58. The summed E-state index contributed by atoms with van der Waals surface area (Å²) in [5, 5.41) is 17.8. The van der Waals surface area contributed by atoms with Gasteiger partial charge in [0.05, 0.1) is 26.3 Å². The van der Waals surface area contributed by atoms with Crippen molar-refractivity contribution in [2.45, 2.75) is 51.9 Å². The van der Waals surface area contributed by atoms with Crippen LogP contribution >= 0.6 is 0 Å². The SMILES string of the molecule is OCCn1cc[n+](CCCCCC[n+]2ccn(CCO)c2)c1. The average molecular weight is 308 g/mol. The zero-order chi connectivity index (χ0) is 15.6. The summed E-state index contributed by atoms with van der Waals surface area (Å²) in [5.41, 5.74) is 0. The molecule has 2 heterocycles. The third-order valence-electron chi connectivity index (χ3n) is 3.79. The molecule has 122 valence electrons. The lowest BCUT2D eigenvalue weighted by Gasteiger charge is -1.99. The summed E-state index contributed by atoms with van der Waals surface area (Å²) in [6, 6.07) is 0. The predicted molar refractivity (Wildman–Crippen MR) is 81.9 cm³/mol. The zero-order valence-electron chi connectivity index (χ0n) is 13.2. The number of hydrogen-bond donors (Lipinski definition) is 2. The van der Waals surface area contributed by atoms with Crippen LogP contribution in [0.25, 0.3) is 0 Å². The molecule has 0 aliphatic carbocycles. The number of nitrogens with zero attached hydrogens (tertiary/aromatic N) is 4. The number of unbranched alkanes of at least 4 members (excludes halogenated alkanes) is 3.